The number of nitrogens with zero attached hydrogens (tertiary/aromatic N) is 9. The lowest BCUT2D eigenvalue weighted by Gasteiger charge is -2.29. The second-order valence-corrected chi connectivity index (χ2v) is 14.0. The van der Waals surface area contributed by atoms with Crippen LogP contribution in [0.25, 0.3) is 50.4 Å². The highest BCUT2D eigenvalue weighted by molar-refractivity contribution is 5.97. The molecule has 1 N–H and O–H groups in total. The Morgan fingerprint density at radius 3 is 2.56 bits per heavy atom. The molecule has 1 saturated heterocycles. The Morgan fingerprint density at radius 2 is 1.83 bits per heavy atom. The lowest BCUT2D eigenvalue weighted by molar-refractivity contribution is -0.132. The van der Waals surface area contributed by atoms with Gasteiger partial charge in [-0.15, -0.1) is 0 Å². The average molecular weight is 699 g/mol. The third-order valence-electron chi connectivity index (χ3n) is 10.1. The first-order valence-corrected chi connectivity index (χ1v) is 18.0. The van der Waals surface area contributed by atoms with Crippen LogP contribution in [0.1, 0.15) is 51.0 Å². The lowest BCUT2D eigenvalue weighted by atomic mass is 9.98. The van der Waals surface area contributed by atoms with Gasteiger partial charge in [0, 0.05) is 50.3 Å². The van der Waals surface area contributed by atoms with Gasteiger partial charge in [0.15, 0.2) is 17.3 Å². The number of nitrogens with one attached hydrogen (secondary N) is 1. The predicted molar refractivity (Wildman–Crippen MR) is 199 cm³/mol. The van der Waals surface area contributed by atoms with E-state index >= 15 is 0 Å². The monoisotopic (exact) mass is 698 g/mol. The number of benzene rings is 2. The molecule has 2 amide bonds. The van der Waals surface area contributed by atoms with Gasteiger partial charge >= 0.3 is 0 Å². The number of anilines is 1. The van der Waals surface area contributed by atoms with Crippen LogP contribution in [0.15, 0.2) is 71.4 Å². The molecular weight excluding hydrogens is 656 g/mol. The summed E-state index contributed by atoms with van der Waals surface area (Å²) in [4.78, 5) is 47.0. The molecule has 13 heteroatoms. The zero-order chi connectivity index (χ0) is 35.9. The van der Waals surface area contributed by atoms with Crippen molar-refractivity contribution in [3.8, 4) is 22.6 Å². The molecule has 2 aromatic carbocycles. The zero-order valence-electron chi connectivity index (χ0n) is 29.9. The van der Waals surface area contributed by atoms with Gasteiger partial charge in [-0.25, -0.2) is 15.0 Å². The Bertz CT molecular complexity index is 2300. The number of aryl methyl sites for hydroxylation is 1. The van der Waals surface area contributed by atoms with Crippen molar-refractivity contribution < 1.29 is 14.0 Å². The number of hydrogen-bond acceptors (Lipinski definition) is 9. The molecular formula is C39H42N10O3. The second kappa shape index (κ2) is 13.8. The molecule has 0 radical (unpaired) electrons. The fourth-order valence-corrected chi connectivity index (χ4v) is 7.16. The maximum atomic E-state index is 13.9. The van der Waals surface area contributed by atoms with E-state index in [1.54, 1.807) is 15.9 Å². The number of aromatic nitrogens is 7. The number of fused-ring (bicyclic) bond motifs is 2. The summed E-state index contributed by atoms with van der Waals surface area (Å²) in [7, 11) is 1.86. The first-order chi connectivity index (χ1) is 25.2. The van der Waals surface area contributed by atoms with Crippen molar-refractivity contribution in [1.29, 1.82) is 0 Å². The molecule has 4 aromatic heterocycles. The molecule has 1 atom stereocenters. The smallest absolute Gasteiger partial charge is 0.237 e. The van der Waals surface area contributed by atoms with E-state index in [1.165, 1.54) is 5.57 Å². The van der Waals surface area contributed by atoms with E-state index in [9.17, 15) is 9.59 Å². The van der Waals surface area contributed by atoms with Gasteiger partial charge in [-0.3, -0.25) is 29.2 Å². The molecule has 0 spiro atoms. The van der Waals surface area contributed by atoms with Crippen molar-refractivity contribution in [3.05, 3.63) is 78.5 Å². The van der Waals surface area contributed by atoms with Gasteiger partial charge in [0.05, 0.1) is 18.0 Å². The highest BCUT2D eigenvalue weighted by Gasteiger charge is 2.34. The van der Waals surface area contributed by atoms with Crippen molar-refractivity contribution in [2.75, 3.05) is 44.2 Å². The van der Waals surface area contributed by atoms with Crippen molar-refractivity contribution in [2.24, 2.45) is 13.0 Å². The quantitative estimate of drug-likeness (QED) is 0.202. The minimum Gasteiger partial charge on any atom is -0.440 e. The number of hydrogen-bond donors (Lipinski definition) is 1. The number of aromatic amines is 1. The predicted octanol–water partition coefficient (Wildman–Crippen LogP) is 5.68. The lowest BCUT2D eigenvalue weighted by Crippen LogP contribution is -2.42. The highest BCUT2D eigenvalue weighted by atomic mass is 16.3. The highest BCUT2D eigenvalue weighted by Crippen LogP contribution is 2.32. The van der Waals surface area contributed by atoms with E-state index in [-0.39, 0.29) is 23.7 Å². The third kappa shape index (κ3) is 6.47. The van der Waals surface area contributed by atoms with Crippen molar-refractivity contribution in [2.45, 2.75) is 39.5 Å². The van der Waals surface area contributed by atoms with Gasteiger partial charge in [-0.1, -0.05) is 44.2 Å². The van der Waals surface area contributed by atoms with Crippen LogP contribution in [0.3, 0.4) is 0 Å². The molecule has 0 unspecified atom stereocenters. The summed E-state index contributed by atoms with van der Waals surface area (Å²) >= 11 is 0. The number of carbonyl (C=O) groups is 2. The Kier molecular flexibility index (Phi) is 8.87. The van der Waals surface area contributed by atoms with Crippen LogP contribution in [0.4, 0.5) is 5.82 Å². The Morgan fingerprint density at radius 1 is 1.02 bits per heavy atom. The molecule has 0 saturated carbocycles. The molecule has 52 heavy (non-hydrogen) atoms. The number of rotatable bonds is 9. The Hall–Kier alpha value is -5.69. The normalized spacial score (nSPS) is 16.7. The first-order valence-electron chi connectivity index (χ1n) is 18.0. The summed E-state index contributed by atoms with van der Waals surface area (Å²) in [6.07, 6.45) is 5.34. The van der Waals surface area contributed by atoms with Crippen molar-refractivity contribution >= 4 is 45.3 Å². The largest absolute Gasteiger partial charge is 0.440 e. The summed E-state index contributed by atoms with van der Waals surface area (Å²) in [6.45, 7) is 9.35. The van der Waals surface area contributed by atoms with E-state index in [0.717, 1.165) is 39.7 Å². The number of amides is 2. The molecule has 0 aliphatic carbocycles. The van der Waals surface area contributed by atoms with E-state index in [4.69, 9.17) is 9.40 Å². The van der Waals surface area contributed by atoms with Crippen LogP contribution in [0, 0.1) is 5.92 Å². The molecule has 2 aliphatic rings. The topological polar surface area (TPSA) is 142 Å². The molecule has 0 bridgehead atoms. The number of H-pyrrole nitrogens is 1. The maximum Gasteiger partial charge on any atom is 0.237 e. The summed E-state index contributed by atoms with van der Waals surface area (Å²) in [6, 6.07) is 17.9. The molecule has 8 rings (SSSR count). The van der Waals surface area contributed by atoms with Gasteiger partial charge in [0.2, 0.25) is 11.8 Å². The molecule has 1 fully saturated rings. The Labute approximate surface area is 301 Å². The number of oxazole rings is 1. The van der Waals surface area contributed by atoms with Crippen LogP contribution in [-0.4, -0.2) is 95.8 Å². The Balaban J connectivity index is 0.895. The van der Waals surface area contributed by atoms with Crippen LogP contribution >= 0.6 is 0 Å². The molecule has 13 nitrogen and oxygen atoms in total. The van der Waals surface area contributed by atoms with Gasteiger partial charge in [0.1, 0.15) is 28.9 Å². The summed E-state index contributed by atoms with van der Waals surface area (Å²) in [5.74, 6) is 2.08. The SMILES string of the molecule is CCN(C(=O)[C@@H]1CCN(CC(=O)N2CC=C(c3ccc(-c4ncn(C)n4)cc3)CC2)C1)c1ccc2[nH]nc(-c3ccc4oc(C(C)C)nc4c3)c2n1. The van der Waals surface area contributed by atoms with Crippen LogP contribution in [-0.2, 0) is 16.6 Å². The van der Waals surface area contributed by atoms with E-state index in [2.05, 4.69) is 62.2 Å². The average Bonchev–Trinajstić information content (AvgIpc) is 3.98. The van der Waals surface area contributed by atoms with Crippen LogP contribution in [0.2, 0.25) is 0 Å². The van der Waals surface area contributed by atoms with Crippen molar-refractivity contribution in [3.63, 3.8) is 0 Å². The van der Waals surface area contributed by atoms with E-state index in [0.29, 0.717) is 74.4 Å². The van der Waals surface area contributed by atoms with Gasteiger partial charge in [-0.05, 0) is 67.8 Å². The number of carbonyl (C=O) groups excluding carboxylic acids is 2. The zero-order valence-corrected chi connectivity index (χ0v) is 29.9. The molecule has 2 aliphatic heterocycles. The third-order valence-corrected chi connectivity index (χ3v) is 10.1. The summed E-state index contributed by atoms with van der Waals surface area (Å²) < 4.78 is 7.59. The molecule has 6 aromatic rings. The minimum atomic E-state index is -0.212. The number of likely N-dealkylation sites (tertiary alicyclic amines) is 1. The fraction of sp³-hybridized carbons (Fsp3) is 0.359. The van der Waals surface area contributed by atoms with Gasteiger partial charge < -0.3 is 9.32 Å². The number of pyridine rings is 1. The standard InChI is InChI=1S/C39H42N10O3/c1-5-49(33-13-11-30-36(42-33)35(44-43-30)28-10-12-32-31(20-28)41-38(52-32)24(2)3)39(51)29-14-17-47(21-29)22-34(50)48-18-15-26(16-19-48)25-6-8-27(9-7-25)37-40-23-46(4)45-37/h6-13,15,20,23-24,29H,5,14,16-19,21-22H2,1-4H3,(H,43,44)/t29-/m1/s1. The summed E-state index contributed by atoms with van der Waals surface area (Å²) in [5, 5.41) is 12.0. The molecule has 6 heterocycles. The van der Waals surface area contributed by atoms with Gasteiger partial charge in [-0.2, -0.15) is 10.2 Å². The first kappa shape index (κ1) is 33.5. The minimum absolute atomic E-state index is 0.0231. The maximum absolute atomic E-state index is 13.9. The van der Waals surface area contributed by atoms with Crippen molar-refractivity contribution in [1.82, 2.24) is 44.7 Å². The second-order valence-electron chi connectivity index (χ2n) is 14.0. The van der Waals surface area contributed by atoms with E-state index < -0.39 is 0 Å². The van der Waals surface area contributed by atoms with Crippen LogP contribution in [0.5, 0.6) is 0 Å². The van der Waals surface area contributed by atoms with E-state index in [1.807, 2.05) is 61.3 Å². The van der Waals surface area contributed by atoms with Crippen LogP contribution < -0.4 is 4.90 Å². The summed E-state index contributed by atoms with van der Waals surface area (Å²) in [5.41, 5.74) is 7.90. The van der Waals surface area contributed by atoms with Gasteiger partial charge in [0.25, 0.3) is 0 Å². The fourth-order valence-electron chi connectivity index (χ4n) is 7.16. The molecule has 266 valence electrons.